The molecule has 1 atom stereocenters. The zero-order valence-electron chi connectivity index (χ0n) is 21.5. The van der Waals surface area contributed by atoms with Crippen LogP contribution in [0.1, 0.15) is 50.6 Å². The number of fused-ring (bicyclic) bond motifs is 1. The molecule has 1 amide bonds. The number of benzene rings is 2. The topological polar surface area (TPSA) is 95.9 Å². The molecule has 0 unspecified atom stereocenters. The first kappa shape index (κ1) is 24.1. The van der Waals surface area contributed by atoms with Crippen LogP contribution >= 0.6 is 0 Å². The summed E-state index contributed by atoms with van der Waals surface area (Å²) in [6.07, 6.45) is 10.9. The van der Waals surface area contributed by atoms with Crippen molar-refractivity contribution in [2.24, 2.45) is 5.92 Å². The third-order valence-electron chi connectivity index (χ3n) is 7.73. The minimum Gasteiger partial charge on any atom is -0.489 e. The Morgan fingerprint density at radius 2 is 2.03 bits per heavy atom. The predicted octanol–water partition coefficient (Wildman–Crippen LogP) is 5.95. The first-order valence-electron chi connectivity index (χ1n) is 13.4. The summed E-state index contributed by atoms with van der Waals surface area (Å²) in [7, 11) is 0. The molecule has 0 bridgehead atoms. The standard InChI is InChI=1S/C30H31N5O3/c1-20(21-5-6-21)38-30(36)33-23-9-7-22(8-10-23)29-27(18-31)26-12-11-25(37-16-15-34-14-13-32-19-34)17-28(26)35(29)24-3-2-4-24/h7-14,17,19-21,24H,2-6,15-16H2,1H3,(H,33,36)/p+1/t20-/m1/s1. The summed E-state index contributed by atoms with van der Waals surface area (Å²) >= 11 is 0. The number of rotatable bonds is 9. The smallest absolute Gasteiger partial charge is 0.411 e. The number of imidazole rings is 1. The van der Waals surface area contributed by atoms with Crippen molar-refractivity contribution in [3.05, 3.63) is 66.7 Å². The highest BCUT2D eigenvalue weighted by Gasteiger charge is 2.31. The van der Waals surface area contributed by atoms with Crippen molar-refractivity contribution in [3.63, 3.8) is 0 Å². The van der Waals surface area contributed by atoms with Gasteiger partial charge in [-0.3, -0.25) is 10.3 Å². The number of aromatic amines is 1. The molecule has 4 aromatic rings. The van der Waals surface area contributed by atoms with Gasteiger partial charge in [-0.2, -0.15) is 5.26 Å². The van der Waals surface area contributed by atoms with Gasteiger partial charge in [-0.05, 0) is 74.8 Å². The Bertz CT molecular complexity index is 1480. The van der Waals surface area contributed by atoms with Gasteiger partial charge in [0, 0.05) is 23.2 Å². The zero-order chi connectivity index (χ0) is 26.1. The Balaban J connectivity index is 1.27. The minimum atomic E-state index is -0.430. The van der Waals surface area contributed by atoms with E-state index in [1.807, 2.05) is 66.6 Å². The van der Waals surface area contributed by atoms with Crippen LogP contribution in [0.4, 0.5) is 10.5 Å². The van der Waals surface area contributed by atoms with Gasteiger partial charge in [0.15, 0.2) is 0 Å². The van der Waals surface area contributed by atoms with Crippen LogP contribution in [-0.4, -0.2) is 28.4 Å². The van der Waals surface area contributed by atoms with E-state index in [-0.39, 0.29) is 6.10 Å². The van der Waals surface area contributed by atoms with Crippen molar-refractivity contribution in [1.29, 1.82) is 5.26 Å². The van der Waals surface area contributed by atoms with Crippen LogP contribution in [0.25, 0.3) is 22.2 Å². The molecule has 8 nitrogen and oxygen atoms in total. The minimum absolute atomic E-state index is 0.0630. The highest BCUT2D eigenvalue weighted by atomic mass is 16.6. The molecule has 0 aliphatic heterocycles. The summed E-state index contributed by atoms with van der Waals surface area (Å²) in [6.45, 7) is 3.24. The molecule has 2 aliphatic carbocycles. The van der Waals surface area contributed by atoms with Crippen molar-refractivity contribution >= 4 is 22.7 Å². The molecule has 2 aromatic carbocycles. The van der Waals surface area contributed by atoms with Gasteiger partial charge in [0.1, 0.15) is 43.5 Å². The van der Waals surface area contributed by atoms with E-state index in [0.717, 1.165) is 60.1 Å². The van der Waals surface area contributed by atoms with Gasteiger partial charge < -0.3 is 14.0 Å². The lowest BCUT2D eigenvalue weighted by Gasteiger charge is -2.30. The molecular weight excluding hydrogens is 478 g/mol. The van der Waals surface area contributed by atoms with E-state index in [1.54, 1.807) is 0 Å². The van der Waals surface area contributed by atoms with Gasteiger partial charge >= 0.3 is 6.09 Å². The number of ether oxygens (including phenoxy) is 2. The van der Waals surface area contributed by atoms with E-state index in [4.69, 9.17) is 9.47 Å². The first-order valence-corrected chi connectivity index (χ1v) is 13.4. The number of H-pyrrole nitrogens is 1. The number of anilines is 1. The fourth-order valence-corrected chi connectivity index (χ4v) is 5.22. The van der Waals surface area contributed by atoms with Crippen molar-refractivity contribution in [1.82, 2.24) is 9.55 Å². The molecule has 6 rings (SSSR count). The lowest BCUT2D eigenvalue weighted by atomic mass is 9.92. The fourth-order valence-electron chi connectivity index (χ4n) is 5.22. The van der Waals surface area contributed by atoms with E-state index in [2.05, 4.69) is 27.0 Å². The van der Waals surface area contributed by atoms with Crippen LogP contribution in [0.3, 0.4) is 0 Å². The molecular formula is C30H32N5O3+. The van der Waals surface area contributed by atoms with Crippen LogP contribution in [0, 0.1) is 17.2 Å². The summed E-state index contributed by atoms with van der Waals surface area (Å²) in [5.41, 5.74) is 4.22. The number of hydrogen-bond acceptors (Lipinski definition) is 4. The highest BCUT2D eigenvalue weighted by molar-refractivity contribution is 5.96. The second kappa shape index (κ2) is 10.3. The zero-order valence-corrected chi connectivity index (χ0v) is 21.5. The molecule has 2 saturated carbocycles. The maximum Gasteiger partial charge on any atom is 0.411 e. The number of amides is 1. The van der Waals surface area contributed by atoms with Crippen LogP contribution in [-0.2, 0) is 11.3 Å². The predicted molar refractivity (Wildman–Crippen MR) is 144 cm³/mol. The Hall–Kier alpha value is -4.25. The summed E-state index contributed by atoms with van der Waals surface area (Å²) in [4.78, 5) is 15.3. The molecule has 2 aliphatic rings. The maximum atomic E-state index is 12.3. The van der Waals surface area contributed by atoms with Crippen LogP contribution in [0.2, 0.25) is 0 Å². The normalized spacial score (nSPS) is 16.0. The van der Waals surface area contributed by atoms with Crippen LogP contribution in [0.5, 0.6) is 5.75 Å². The molecule has 0 spiro atoms. The van der Waals surface area contributed by atoms with Crippen molar-refractivity contribution < 1.29 is 18.8 Å². The molecule has 0 saturated heterocycles. The molecule has 2 heterocycles. The molecule has 8 heteroatoms. The Kier molecular flexibility index (Phi) is 6.50. The third kappa shape index (κ3) is 4.84. The van der Waals surface area contributed by atoms with E-state index >= 15 is 0 Å². The second-order valence-corrected chi connectivity index (χ2v) is 10.3. The van der Waals surface area contributed by atoms with Gasteiger partial charge in [0.05, 0.1) is 16.8 Å². The fraction of sp³-hybridized carbons (Fsp3) is 0.367. The Labute approximate surface area is 221 Å². The van der Waals surface area contributed by atoms with Crippen molar-refractivity contribution in [2.75, 3.05) is 11.9 Å². The lowest BCUT2D eigenvalue weighted by Crippen LogP contribution is -2.33. The van der Waals surface area contributed by atoms with Crippen molar-refractivity contribution in [2.45, 2.75) is 57.7 Å². The monoisotopic (exact) mass is 510 g/mol. The number of hydrogen-bond donors (Lipinski definition) is 2. The maximum absolute atomic E-state index is 12.3. The van der Waals surface area contributed by atoms with Gasteiger partial charge in [-0.1, -0.05) is 12.1 Å². The number of carbonyl (C=O) groups is 1. The van der Waals surface area contributed by atoms with Gasteiger partial charge in [0.2, 0.25) is 6.33 Å². The summed E-state index contributed by atoms with van der Waals surface area (Å²) in [5, 5.41) is 14.0. The Morgan fingerprint density at radius 3 is 2.68 bits per heavy atom. The molecule has 2 fully saturated rings. The molecule has 2 aromatic heterocycles. The third-order valence-corrected chi connectivity index (χ3v) is 7.73. The summed E-state index contributed by atoms with van der Waals surface area (Å²) < 4.78 is 15.9. The second-order valence-electron chi connectivity index (χ2n) is 10.3. The molecule has 0 radical (unpaired) electrons. The van der Waals surface area contributed by atoms with Gasteiger partial charge in [-0.25, -0.2) is 9.36 Å². The SMILES string of the molecule is C[C@@H](OC(=O)Nc1ccc(-c2c(C#N)c3ccc(OCC[n+]4cc[nH]c4)cc3n2C2CCC2)cc1)C1CC1. The lowest BCUT2D eigenvalue weighted by molar-refractivity contribution is -0.696. The first-order chi connectivity index (χ1) is 18.6. The molecule has 38 heavy (non-hydrogen) atoms. The van der Waals surface area contributed by atoms with Crippen LogP contribution in [0.15, 0.2) is 61.2 Å². The average Bonchev–Trinajstić information content (AvgIpc) is 3.53. The number of nitrogens with one attached hydrogen (secondary N) is 2. The molecule has 194 valence electrons. The Morgan fingerprint density at radius 1 is 1.21 bits per heavy atom. The highest BCUT2D eigenvalue weighted by Crippen LogP contribution is 2.43. The van der Waals surface area contributed by atoms with Crippen molar-refractivity contribution in [3.8, 4) is 23.1 Å². The van der Waals surface area contributed by atoms with E-state index in [9.17, 15) is 10.1 Å². The van der Waals surface area contributed by atoms with E-state index in [1.165, 1.54) is 6.42 Å². The van der Waals surface area contributed by atoms with Crippen LogP contribution < -0.4 is 14.6 Å². The number of aromatic nitrogens is 3. The number of carbonyl (C=O) groups excluding carboxylic acids is 1. The quantitative estimate of drug-likeness (QED) is 0.272. The largest absolute Gasteiger partial charge is 0.489 e. The van der Waals surface area contributed by atoms with E-state index in [0.29, 0.717) is 29.8 Å². The summed E-state index contributed by atoms with van der Waals surface area (Å²) in [6, 6.07) is 16.5. The van der Waals surface area contributed by atoms with Gasteiger partial charge in [0.25, 0.3) is 0 Å². The molecule has 2 N–H and O–H groups in total. The van der Waals surface area contributed by atoms with Gasteiger partial charge in [-0.15, -0.1) is 0 Å². The number of nitriles is 1. The van der Waals surface area contributed by atoms with E-state index < -0.39 is 6.09 Å². The average molecular weight is 511 g/mol. The number of nitrogens with zero attached hydrogens (tertiary/aromatic N) is 3. The summed E-state index contributed by atoms with van der Waals surface area (Å²) in [5.74, 6) is 1.28.